The van der Waals surface area contributed by atoms with Gasteiger partial charge in [0.2, 0.25) is 0 Å². The van der Waals surface area contributed by atoms with Crippen molar-refractivity contribution >= 4 is 46.2 Å². The second kappa shape index (κ2) is 8.13. The average molecular weight is 352 g/mol. The van der Waals surface area contributed by atoms with Gasteiger partial charge in [0.25, 0.3) is 0 Å². The van der Waals surface area contributed by atoms with Crippen molar-refractivity contribution in [2.75, 3.05) is 0 Å². The van der Waals surface area contributed by atoms with Gasteiger partial charge in [-0.3, -0.25) is 5.43 Å². The van der Waals surface area contributed by atoms with Crippen LogP contribution in [0, 0.1) is 0 Å². The zero-order valence-corrected chi connectivity index (χ0v) is 14.3. The number of thiocarbonyl (C=S) groups is 1. The average Bonchev–Trinajstić information content (AvgIpc) is 2.51. The Labute approximate surface area is 145 Å². The Morgan fingerprint density at radius 1 is 1.14 bits per heavy atom. The quantitative estimate of drug-likeness (QED) is 0.487. The molecule has 0 heterocycles. The Kier molecular flexibility index (Phi) is 6.19. The number of hydrazone groups is 1. The van der Waals surface area contributed by atoms with E-state index in [9.17, 15) is 0 Å². The molecular weight excluding hydrogens is 337 g/mol. The van der Waals surface area contributed by atoms with E-state index in [0.29, 0.717) is 21.7 Å². The highest BCUT2D eigenvalue weighted by atomic mass is 35.5. The number of halogens is 2. The van der Waals surface area contributed by atoms with Crippen LogP contribution in [-0.4, -0.2) is 10.8 Å². The van der Waals surface area contributed by atoms with E-state index in [-0.39, 0.29) is 0 Å². The topological polar surface area (TPSA) is 36.4 Å². The molecule has 0 radical (unpaired) electrons. The molecule has 0 aromatic heterocycles. The molecule has 0 saturated carbocycles. The van der Waals surface area contributed by atoms with Crippen molar-refractivity contribution in [2.24, 2.45) is 5.10 Å². The van der Waals surface area contributed by atoms with Gasteiger partial charge >= 0.3 is 0 Å². The molecule has 0 bridgehead atoms. The lowest BCUT2D eigenvalue weighted by atomic mass is 10.1. The van der Waals surface area contributed by atoms with Gasteiger partial charge in [0, 0.05) is 17.1 Å². The molecule has 0 aliphatic rings. The molecule has 0 aliphatic carbocycles. The third-order valence-corrected chi connectivity index (χ3v) is 3.73. The first-order valence-corrected chi connectivity index (χ1v) is 7.80. The summed E-state index contributed by atoms with van der Waals surface area (Å²) in [6.07, 6.45) is 0. The minimum absolute atomic E-state index is 0.452. The highest BCUT2D eigenvalue weighted by Gasteiger charge is 2.05. The van der Waals surface area contributed by atoms with E-state index in [1.165, 1.54) is 0 Å². The first-order chi connectivity index (χ1) is 10.6. The van der Waals surface area contributed by atoms with Gasteiger partial charge in [0.15, 0.2) is 5.11 Å². The summed E-state index contributed by atoms with van der Waals surface area (Å²) in [5.74, 6) is 0. The minimum Gasteiger partial charge on any atom is -0.357 e. The van der Waals surface area contributed by atoms with Crippen molar-refractivity contribution in [3.05, 3.63) is 69.7 Å². The van der Waals surface area contributed by atoms with Crippen molar-refractivity contribution in [1.82, 2.24) is 10.7 Å². The van der Waals surface area contributed by atoms with Gasteiger partial charge in [-0.25, -0.2) is 0 Å². The summed E-state index contributed by atoms with van der Waals surface area (Å²) in [5, 5.41) is 8.92. The lowest BCUT2D eigenvalue weighted by Gasteiger charge is -2.09. The Morgan fingerprint density at radius 2 is 1.86 bits per heavy atom. The molecule has 2 rings (SSSR count). The van der Waals surface area contributed by atoms with E-state index in [0.717, 1.165) is 16.8 Å². The SMILES string of the molecule is C/C(=N/NC(=S)NCc1ccccc1)c1ccc(Cl)cc1Cl. The number of rotatable bonds is 4. The van der Waals surface area contributed by atoms with E-state index >= 15 is 0 Å². The van der Waals surface area contributed by atoms with Crippen molar-refractivity contribution in [3.8, 4) is 0 Å². The number of nitrogens with zero attached hydrogens (tertiary/aromatic N) is 1. The van der Waals surface area contributed by atoms with E-state index < -0.39 is 0 Å². The van der Waals surface area contributed by atoms with Gasteiger partial charge in [0.1, 0.15) is 0 Å². The second-order valence-corrected chi connectivity index (χ2v) is 5.85. The van der Waals surface area contributed by atoms with Crippen LogP contribution >= 0.6 is 35.4 Å². The monoisotopic (exact) mass is 351 g/mol. The summed E-state index contributed by atoms with van der Waals surface area (Å²) in [4.78, 5) is 0. The summed E-state index contributed by atoms with van der Waals surface area (Å²) in [7, 11) is 0. The molecule has 0 fully saturated rings. The van der Waals surface area contributed by atoms with Crippen LogP contribution in [0.3, 0.4) is 0 Å². The van der Waals surface area contributed by atoms with Crippen LogP contribution in [-0.2, 0) is 6.54 Å². The summed E-state index contributed by atoms with van der Waals surface area (Å²) >= 11 is 17.2. The van der Waals surface area contributed by atoms with Crippen LogP contribution in [0.25, 0.3) is 0 Å². The molecule has 0 aliphatic heterocycles. The Hall–Kier alpha value is -1.62. The lowest BCUT2D eigenvalue weighted by Crippen LogP contribution is -2.32. The molecule has 2 aromatic rings. The van der Waals surface area contributed by atoms with Crippen molar-refractivity contribution in [2.45, 2.75) is 13.5 Å². The number of nitrogens with one attached hydrogen (secondary N) is 2. The molecule has 2 aromatic carbocycles. The predicted octanol–water partition coefficient (Wildman–Crippen LogP) is 4.38. The maximum atomic E-state index is 6.14. The highest BCUT2D eigenvalue weighted by molar-refractivity contribution is 7.80. The van der Waals surface area contributed by atoms with Crippen LogP contribution in [0.4, 0.5) is 0 Å². The zero-order chi connectivity index (χ0) is 15.9. The van der Waals surface area contributed by atoms with Gasteiger partial charge in [-0.1, -0.05) is 59.6 Å². The van der Waals surface area contributed by atoms with Crippen LogP contribution in [0.2, 0.25) is 10.0 Å². The van der Waals surface area contributed by atoms with Gasteiger partial charge in [-0.2, -0.15) is 5.10 Å². The highest BCUT2D eigenvalue weighted by Crippen LogP contribution is 2.21. The predicted molar refractivity (Wildman–Crippen MR) is 97.7 cm³/mol. The fourth-order valence-electron chi connectivity index (χ4n) is 1.80. The molecule has 114 valence electrons. The van der Waals surface area contributed by atoms with Gasteiger partial charge in [-0.15, -0.1) is 0 Å². The van der Waals surface area contributed by atoms with Gasteiger partial charge in [-0.05, 0) is 36.8 Å². The zero-order valence-electron chi connectivity index (χ0n) is 11.9. The van der Waals surface area contributed by atoms with Crippen molar-refractivity contribution in [3.63, 3.8) is 0 Å². The number of hydrogen-bond acceptors (Lipinski definition) is 2. The van der Waals surface area contributed by atoms with Crippen LogP contribution in [0.15, 0.2) is 53.6 Å². The summed E-state index contributed by atoms with van der Waals surface area (Å²) in [6, 6.07) is 15.3. The third kappa shape index (κ3) is 4.98. The summed E-state index contributed by atoms with van der Waals surface area (Å²) < 4.78 is 0. The van der Waals surface area contributed by atoms with Crippen LogP contribution < -0.4 is 10.7 Å². The fraction of sp³-hybridized carbons (Fsp3) is 0.125. The molecule has 0 amide bonds. The molecule has 0 atom stereocenters. The van der Waals surface area contributed by atoms with Gasteiger partial charge in [0.05, 0.1) is 10.7 Å². The van der Waals surface area contributed by atoms with Gasteiger partial charge < -0.3 is 5.32 Å². The first-order valence-electron chi connectivity index (χ1n) is 6.64. The number of benzene rings is 2. The van der Waals surface area contributed by atoms with E-state index in [1.807, 2.05) is 43.3 Å². The molecule has 0 spiro atoms. The molecule has 22 heavy (non-hydrogen) atoms. The van der Waals surface area contributed by atoms with E-state index in [4.69, 9.17) is 35.4 Å². The summed E-state index contributed by atoms with van der Waals surface area (Å²) in [6.45, 7) is 2.49. The summed E-state index contributed by atoms with van der Waals surface area (Å²) in [5.41, 5.74) is 5.49. The lowest BCUT2D eigenvalue weighted by molar-refractivity contribution is 0.866. The largest absolute Gasteiger partial charge is 0.357 e. The molecule has 0 saturated heterocycles. The maximum absolute atomic E-state index is 6.14. The molecule has 6 heteroatoms. The standard InChI is InChI=1S/C16H15Cl2N3S/c1-11(14-8-7-13(17)9-15(14)18)20-21-16(22)19-10-12-5-3-2-4-6-12/h2-9H,10H2,1H3,(H2,19,21,22)/b20-11-. The first kappa shape index (κ1) is 16.7. The Bertz CT molecular complexity index is 687. The molecule has 2 N–H and O–H groups in total. The molecule has 3 nitrogen and oxygen atoms in total. The maximum Gasteiger partial charge on any atom is 0.187 e. The molecular formula is C16H15Cl2N3S. The number of hydrogen-bond donors (Lipinski definition) is 2. The third-order valence-electron chi connectivity index (χ3n) is 2.94. The Balaban J connectivity index is 1.91. The van der Waals surface area contributed by atoms with Crippen LogP contribution in [0.1, 0.15) is 18.1 Å². The van der Waals surface area contributed by atoms with Crippen molar-refractivity contribution in [1.29, 1.82) is 0 Å². The smallest absolute Gasteiger partial charge is 0.187 e. The van der Waals surface area contributed by atoms with E-state index in [2.05, 4.69) is 15.8 Å². The minimum atomic E-state index is 0.452. The molecule has 0 unspecified atom stereocenters. The Morgan fingerprint density at radius 3 is 2.55 bits per heavy atom. The van der Waals surface area contributed by atoms with Crippen molar-refractivity contribution < 1.29 is 0 Å². The fourth-order valence-corrected chi connectivity index (χ4v) is 2.46. The second-order valence-electron chi connectivity index (χ2n) is 4.60. The van der Waals surface area contributed by atoms with E-state index in [1.54, 1.807) is 12.1 Å². The van der Waals surface area contributed by atoms with Crippen LogP contribution in [0.5, 0.6) is 0 Å². The normalized spacial score (nSPS) is 11.1.